The van der Waals surface area contributed by atoms with Crippen LogP contribution in [0.15, 0.2) is 63.3 Å². The molecule has 0 aliphatic rings. The van der Waals surface area contributed by atoms with Crippen molar-refractivity contribution in [2.24, 2.45) is 0 Å². The van der Waals surface area contributed by atoms with Gasteiger partial charge in [0.1, 0.15) is 0 Å². The predicted octanol–water partition coefficient (Wildman–Crippen LogP) is -0.349. The second kappa shape index (κ2) is 23.7. The van der Waals surface area contributed by atoms with E-state index in [1.807, 2.05) is 24.3 Å². The molecule has 0 atom stereocenters. The van der Waals surface area contributed by atoms with Crippen molar-refractivity contribution in [2.75, 3.05) is 60.8 Å². The Morgan fingerprint density at radius 2 is 0.923 bits per heavy atom. The summed E-state index contributed by atoms with van der Waals surface area (Å²) in [4.78, 5) is 9.14. The summed E-state index contributed by atoms with van der Waals surface area (Å²) in [6.45, 7) is 21.6. The van der Waals surface area contributed by atoms with Gasteiger partial charge in [0.05, 0.1) is 60.3 Å². The van der Waals surface area contributed by atoms with Crippen molar-refractivity contribution in [3.05, 3.63) is 63.3 Å². The van der Waals surface area contributed by atoms with E-state index in [0.717, 1.165) is 41.2 Å². The second-order valence-corrected chi connectivity index (χ2v) is 6.28. The van der Waals surface area contributed by atoms with Gasteiger partial charge < -0.3 is 31.3 Å². The minimum Gasteiger partial charge on any atom is -1.00 e. The fraction of sp³-hybridized carbons (Fsp3) is 0.450. The number of likely N-dealkylation sites (N-methyl/N-ethyl adjacent to an activating group) is 2. The lowest BCUT2D eigenvalue weighted by Crippen LogP contribution is -3.00. The minimum atomic E-state index is -1.23. The van der Waals surface area contributed by atoms with Gasteiger partial charge in [0.25, 0.3) is 0 Å². The lowest BCUT2D eigenvalue weighted by Gasteiger charge is -2.26. The van der Waals surface area contributed by atoms with E-state index in [1.54, 1.807) is 0 Å². The number of hydrogen-bond donors (Lipinski definition) is 0. The molecule has 0 spiro atoms. The first-order chi connectivity index (χ1) is 11.5. The van der Waals surface area contributed by atoms with Crippen LogP contribution in [0, 0.1) is 0 Å². The maximum atomic E-state index is 9.14. The number of carboxylic acid groups (broad SMARTS) is 1. The molecule has 0 fully saturated rings. The van der Waals surface area contributed by atoms with Crippen molar-refractivity contribution in [2.45, 2.75) is 0 Å². The van der Waals surface area contributed by atoms with Crippen LogP contribution >= 0.6 is 11.6 Å². The SMILES string of the molecule is C=CC(=O)[O-].C=CC[N+](C)(C)CC=C.C=CC[N+](C)(C)CC=C.CCl.[Cl-]. The van der Waals surface area contributed by atoms with Gasteiger partial charge in [0, 0.05) is 6.38 Å². The number of carbonyl (C=O) groups excluding carboxylic acids is 1. The van der Waals surface area contributed by atoms with E-state index >= 15 is 0 Å². The number of hydrogen-bond acceptors (Lipinski definition) is 2. The van der Waals surface area contributed by atoms with Gasteiger partial charge in [-0.05, 0) is 30.4 Å². The fourth-order valence-electron chi connectivity index (χ4n) is 1.55. The first kappa shape index (κ1) is 35.7. The van der Waals surface area contributed by atoms with E-state index in [0.29, 0.717) is 0 Å². The van der Waals surface area contributed by atoms with Gasteiger partial charge in [-0.15, -0.1) is 11.6 Å². The monoisotopic (exact) mass is 408 g/mol. The summed E-state index contributed by atoms with van der Waals surface area (Å²) in [5.41, 5.74) is 0. The number of carbonyl (C=O) groups is 1. The second-order valence-electron chi connectivity index (χ2n) is 6.28. The molecule has 0 aliphatic carbocycles. The molecule has 0 aliphatic heterocycles. The Bertz CT molecular complexity index is 341. The van der Waals surface area contributed by atoms with E-state index in [1.165, 1.54) is 6.38 Å². The van der Waals surface area contributed by atoms with Crippen molar-refractivity contribution in [1.29, 1.82) is 0 Å². The highest BCUT2D eigenvalue weighted by molar-refractivity contribution is 6.15. The molecule has 6 heteroatoms. The number of nitrogens with zero attached hydrogens (tertiary/aromatic N) is 2. The molecule has 0 saturated heterocycles. The summed E-state index contributed by atoms with van der Waals surface area (Å²) in [6.07, 6.45) is 9.93. The third-order valence-electron chi connectivity index (χ3n) is 2.66. The van der Waals surface area contributed by atoms with Crippen molar-refractivity contribution < 1.29 is 31.3 Å². The lowest BCUT2D eigenvalue weighted by molar-refractivity contribution is -0.878. The first-order valence-corrected chi connectivity index (χ1v) is 8.56. The average Bonchev–Trinajstić information content (AvgIpc) is 2.50. The van der Waals surface area contributed by atoms with Gasteiger partial charge in [-0.1, -0.05) is 32.9 Å². The number of alkyl halides is 1. The Kier molecular flexibility index (Phi) is 32.5. The lowest BCUT2D eigenvalue weighted by atomic mass is 10.4. The van der Waals surface area contributed by atoms with Crippen LogP contribution in [-0.2, 0) is 4.79 Å². The van der Waals surface area contributed by atoms with Crippen LogP contribution in [0.1, 0.15) is 0 Å². The highest BCUT2D eigenvalue weighted by atomic mass is 35.5. The molecule has 26 heavy (non-hydrogen) atoms. The normalized spacial score (nSPS) is 9.00. The first-order valence-electron chi connectivity index (χ1n) is 7.80. The maximum Gasteiger partial charge on any atom is 0.0969 e. The van der Waals surface area contributed by atoms with Crippen LogP contribution in [0.3, 0.4) is 0 Å². The Morgan fingerprint density at radius 3 is 1.00 bits per heavy atom. The fourth-order valence-corrected chi connectivity index (χ4v) is 1.55. The molecule has 0 aromatic rings. The van der Waals surface area contributed by atoms with Gasteiger partial charge >= 0.3 is 0 Å². The molecule has 4 nitrogen and oxygen atoms in total. The Hall–Kier alpha value is -1.33. The van der Waals surface area contributed by atoms with Gasteiger partial charge in [0.15, 0.2) is 0 Å². The Labute approximate surface area is 173 Å². The predicted molar refractivity (Wildman–Crippen MR) is 111 cm³/mol. The molecule has 0 aromatic heterocycles. The van der Waals surface area contributed by atoms with Crippen LogP contribution in [-0.4, -0.2) is 75.7 Å². The largest absolute Gasteiger partial charge is 1.00 e. The number of quaternary nitrogens is 2. The van der Waals surface area contributed by atoms with Gasteiger partial charge in [-0.2, -0.15) is 0 Å². The molecule has 0 bridgehead atoms. The molecule has 0 heterocycles. The molecule has 0 N–H and O–H groups in total. The summed E-state index contributed by atoms with van der Waals surface area (Å²) in [5, 5.41) is 9.14. The summed E-state index contributed by atoms with van der Waals surface area (Å²) in [5.74, 6) is -1.23. The Balaban J connectivity index is -0.0000000821. The molecule has 0 aromatic carbocycles. The van der Waals surface area contributed by atoms with Crippen LogP contribution in [0.5, 0.6) is 0 Å². The zero-order chi connectivity index (χ0) is 20.9. The van der Waals surface area contributed by atoms with Crippen LogP contribution in [0.4, 0.5) is 0 Å². The van der Waals surface area contributed by atoms with Crippen molar-refractivity contribution in [1.82, 2.24) is 0 Å². The van der Waals surface area contributed by atoms with E-state index in [-0.39, 0.29) is 12.4 Å². The average molecular weight is 409 g/mol. The molecule has 154 valence electrons. The molecule has 0 amide bonds. The standard InChI is InChI=1S/2C8H16N.C3H4O2.CH3Cl.ClH/c2*1-5-7-9(3,4)8-6-2;1-2-3(4)5;1-2;/h2*5-6H,1-2,7-8H2,3-4H3;2H,1H2,(H,4,5);1H3;1H/q2*+1;;;/p-2. The highest BCUT2D eigenvalue weighted by Crippen LogP contribution is 1.95. The molecular formula is C20H38Cl2N2O2. The molecule has 0 saturated carbocycles. The zero-order valence-electron chi connectivity index (χ0n) is 17.2. The number of halogens is 2. The Morgan fingerprint density at radius 1 is 0.769 bits per heavy atom. The molecule has 0 unspecified atom stereocenters. The third-order valence-corrected chi connectivity index (χ3v) is 2.66. The smallest absolute Gasteiger partial charge is 0.0969 e. The summed E-state index contributed by atoms with van der Waals surface area (Å²) in [6, 6.07) is 0. The third kappa shape index (κ3) is 38.3. The van der Waals surface area contributed by atoms with Crippen molar-refractivity contribution in [3.8, 4) is 0 Å². The van der Waals surface area contributed by atoms with E-state index < -0.39 is 5.97 Å². The van der Waals surface area contributed by atoms with E-state index in [9.17, 15) is 0 Å². The quantitative estimate of drug-likeness (QED) is 0.226. The van der Waals surface area contributed by atoms with Crippen LogP contribution < -0.4 is 17.5 Å². The zero-order valence-corrected chi connectivity index (χ0v) is 18.7. The molecular weight excluding hydrogens is 371 g/mol. The van der Waals surface area contributed by atoms with Gasteiger partial charge in [-0.3, -0.25) is 0 Å². The number of rotatable bonds is 9. The minimum absolute atomic E-state index is 0. The molecule has 0 radical (unpaired) electrons. The van der Waals surface area contributed by atoms with E-state index in [4.69, 9.17) is 9.90 Å². The highest BCUT2D eigenvalue weighted by Gasteiger charge is 2.08. The van der Waals surface area contributed by atoms with Crippen molar-refractivity contribution >= 4 is 17.6 Å². The summed E-state index contributed by atoms with van der Waals surface area (Å²) in [7, 11) is 8.62. The summed E-state index contributed by atoms with van der Waals surface area (Å²) < 4.78 is 1.90. The van der Waals surface area contributed by atoms with Crippen LogP contribution in [0.25, 0.3) is 0 Å². The van der Waals surface area contributed by atoms with Gasteiger partial charge in [-0.25, -0.2) is 0 Å². The maximum absolute atomic E-state index is 9.14. The number of aliphatic carboxylic acids is 1. The van der Waals surface area contributed by atoms with Crippen molar-refractivity contribution in [3.63, 3.8) is 0 Å². The molecule has 0 rings (SSSR count). The number of carboxylic acids is 1. The van der Waals surface area contributed by atoms with E-state index in [2.05, 4.69) is 72.7 Å². The van der Waals surface area contributed by atoms with Gasteiger partial charge in [0.2, 0.25) is 0 Å². The topological polar surface area (TPSA) is 40.1 Å². The summed E-state index contributed by atoms with van der Waals surface area (Å²) >= 11 is 4.64. The van der Waals surface area contributed by atoms with Crippen LogP contribution in [0.2, 0.25) is 0 Å².